The second kappa shape index (κ2) is 6.37. The topological polar surface area (TPSA) is 62.8 Å². The molecule has 7 heteroatoms. The second-order valence-corrected chi connectivity index (χ2v) is 8.36. The minimum atomic E-state index is -0.248. The zero-order valence-corrected chi connectivity index (χ0v) is 14.8. The maximum atomic E-state index is 12.7. The summed E-state index contributed by atoms with van der Waals surface area (Å²) in [6.07, 6.45) is 5.76. The lowest BCUT2D eigenvalue weighted by atomic mass is 9.59. The molecule has 0 aromatic rings. The van der Waals surface area contributed by atoms with Gasteiger partial charge in [0.15, 0.2) is 0 Å². The lowest BCUT2D eigenvalue weighted by Gasteiger charge is -2.49. The molecule has 0 radical (unpaired) electrons. The Morgan fingerprint density at radius 1 is 1.36 bits per heavy atom. The number of carbonyl (C=O) groups excluding carboxylic acids is 1. The molecule has 2 bridgehead atoms. The van der Waals surface area contributed by atoms with Gasteiger partial charge in [-0.05, 0) is 44.6 Å². The average molecular weight is 345 g/mol. The minimum Gasteiger partial charge on any atom is -0.404 e. The van der Waals surface area contributed by atoms with E-state index < -0.39 is 0 Å². The van der Waals surface area contributed by atoms with E-state index in [1.807, 2.05) is 4.90 Å². The van der Waals surface area contributed by atoms with Gasteiger partial charge in [0.2, 0.25) is 5.91 Å². The highest BCUT2D eigenvalue weighted by Crippen LogP contribution is 2.53. The Bertz CT molecular complexity index is 568. The average Bonchev–Trinajstić information content (AvgIpc) is 3.37. The van der Waals surface area contributed by atoms with Crippen molar-refractivity contribution in [1.29, 1.82) is 0 Å². The Balaban J connectivity index is 1.20. The minimum absolute atomic E-state index is 0.0760. The lowest BCUT2D eigenvalue weighted by Crippen LogP contribution is -2.50. The first-order chi connectivity index (χ1) is 12.2. The smallest absolute Gasteiger partial charge is 0.404 e. The van der Waals surface area contributed by atoms with E-state index in [-0.39, 0.29) is 31.2 Å². The van der Waals surface area contributed by atoms with Crippen LogP contribution in [-0.2, 0) is 14.1 Å². The zero-order chi connectivity index (χ0) is 17.0. The van der Waals surface area contributed by atoms with Crippen LogP contribution in [0.3, 0.4) is 0 Å². The molecule has 0 spiro atoms. The Morgan fingerprint density at radius 2 is 2.28 bits per heavy atom. The molecular formula is C18H28BN3O3. The molecule has 0 aromatic carbocycles. The Labute approximate surface area is 149 Å². The van der Waals surface area contributed by atoms with Crippen molar-refractivity contribution in [2.75, 3.05) is 26.2 Å². The molecule has 3 saturated carbocycles. The fraction of sp³-hybridized carbons (Fsp3) is 0.833. The molecule has 3 saturated heterocycles. The summed E-state index contributed by atoms with van der Waals surface area (Å²) in [4.78, 5) is 14.7. The molecule has 0 aromatic heterocycles. The number of hydrogen-bond donors (Lipinski definition) is 2. The Morgan fingerprint density at radius 3 is 3.08 bits per heavy atom. The summed E-state index contributed by atoms with van der Waals surface area (Å²) in [5.41, 5.74) is 1.36. The van der Waals surface area contributed by atoms with Crippen molar-refractivity contribution in [3.8, 4) is 0 Å². The molecule has 1 unspecified atom stereocenters. The maximum Gasteiger partial charge on any atom is 0.481 e. The fourth-order valence-corrected chi connectivity index (χ4v) is 5.42. The number of nitrogens with one attached hydrogen (secondary N) is 2. The van der Waals surface area contributed by atoms with Gasteiger partial charge in [0.1, 0.15) is 0 Å². The largest absolute Gasteiger partial charge is 0.481 e. The van der Waals surface area contributed by atoms with E-state index >= 15 is 0 Å². The lowest BCUT2D eigenvalue weighted by molar-refractivity contribution is -0.130. The van der Waals surface area contributed by atoms with Crippen LogP contribution in [0.2, 0.25) is 0 Å². The number of likely N-dealkylation sites (tertiary alicyclic amines) is 1. The number of nitrogens with zero attached hydrogens (tertiary/aromatic N) is 1. The highest BCUT2D eigenvalue weighted by atomic mass is 16.7. The van der Waals surface area contributed by atoms with Crippen molar-refractivity contribution in [1.82, 2.24) is 15.5 Å². The first kappa shape index (κ1) is 16.3. The van der Waals surface area contributed by atoms with Gasteiger partial charge in [-0.2, -0.15) is 0 Å². The van der Waals surface area contributed by atoms with Gasteiger partial charge in [-0.1, -0.05) is 12.2 Å². The van der Waals surface area contributed by atoms with E-state index in [2.05, 4.69) is 17.2 Å². The molecule has 25 heavy (non-hydrogen) atoms. The van der Waals surface area contributed by atoms with Crippen molar-refractivity contribution in [2.45, 2.75) is 56.3 Å². The van der Waals surface area contributed by atoms with Crippen molar-refractivity contribution in [2.24, 2.45) is 11.8 Å². The van der Waals surface area contributed by atoms with E-state index in [1.54, 1.807) is 0 Å². The van der Waals surface area contributed by atoms with E-state index in [0.717, 1.165) is 45.3 Å². The van der Waals surface area contributed by atoms with Crippen LogP contribution in [0.15, 0.2) is 12.2 Å². The standard InChI is InChI=1S/C18H28BN3O3/c1-11-12-7-14(11)18-15(8-12)24-19(25-18)16-3-2-6-22(16)17(23)10-21-13-4-5-20-9-13/h12-16,18,20-21H,1-10H2/t12-,13+,14-,15+,16-,18?/m0/s1. The molecule has 6 nitrogen and oxygen atoms in total. The number of hydrogen-bond acceptors (Lipinski definition) is 5. The summed E-state index contributed by atoms with van der Waals surface area (Å²) < 4.78 is 12.6. The Hall–Kier alpha value is -0.885. The van der Waals surface area contributed by atoms with Gasteiger partial charge in [0.05, 0.1) is 24.7 Å². The molecule has 2 N–H and O–H groups in total. The van der Waals surface area contributed by atoms with Gasteiger partial charge in [0, 0.05) is 25.0 Å². The van der Waals surface area contributed by atoms with Gasteiger partial charge < -0.3 is 24.8 Å². The predicted octanol–water partition coefficient (Wildman–Crippen LogP) is 0.336. The number of rotatable bonds is 4. The van der Waals surface area contributed by atoms with E-state index in [1.165, 1.54) is 12.0 Å². The van der Waals surface area contributed by atoms with Crippen molar-refractivity contribution >= 4 is 13.0 Å². The molecule has 6 atom stereocenters. The summed E-state index contributed by atoms with van der Waals surface area (Å²) in [5, 5.41) is 6.72. The SMILES string of the molecule is C=C1[C@@H]2C[C@H]3OB([C@@H]4CCCN4C(=O)CN[C@@H]4CCNC4)OC3[C@H]1C2. The van der Waals surface area contributed by atoms with Crippen LogP contribution in [0, 0.1) is 11.8 Å². The second-order valence-electron chi connectivity index (χ2n) is 8.36. The normalized spacial score (nSPS) is 42.6. The molecule has 3 aliphatic carbocycles. The van der Waals surface area contributed by atoms with E-state index in [4.69, 9.17) is 9.31 Å². The van der Waals surface area contributed by atoms with Crippen molar-refractivity contribution in [3.05, 3.63) is 12.2 Å². The van der Waals surface area contributed by atoms with E-state index in [0.29, 0.717) is 24.4 Å². The third kappa shape index (κ3) is 2.76. The zero-order valence-electron chi connectivity index (χ0n) is 14.8. The first-order valence-electron chi connectivity index (χ1n) is 9.94. The first-order valence-corrected chi connectivity index (χ1v) is 9.94. The van der Waals surface area contributed by atoms with Gasteiger partial charge in [-0.3, -0.25) is 4.79 Å². The molecule has 6 fully saturated rings. The van der Waals surface area contributed by atoms with Crippen LogP contribution in [0.1, 0.15) is 32.1 Å². The number of carbonyl (C=O) groups is 1. The highest BCUT2D eigenvalue weighted by Gasteiger charge is 2.57. The summed E-state index contributed by atoms with van der Waals surface area (Å²) in [7, 11) is -0.248. The van der Waals surface area contributed by atoms with Crippen LogP contribution in [0.5, 0.6) is 0 Å². The third-order valence-electron chi connectivity index (χ3n) is 6.96. The molecule has 136 valence electrons. The molecule has 3 aliphatic heterocycles. The third-order valence-corrected chi connectivity index (χ3v) is 6.96. The van der Waals surface area contributed by atoms with Gasteiger partial charge in [-0.25, -0.2) is 0 Å². The molecule has 1 amide bonds. The van der Waals surface area contributed by atoms with Crippen LogP contribution < -0.4 is 10.6 Å². The molecule has 6 rings (SSSR count). The van der Waals surface area contributed by atoms with Gasteiger partial charge in [0.25, 0.3) is 0 Å². The van der Waals surface area contributed by atoms with Crippen LogP contribution in [0.4, 0.5) is 0 Å². The van der Waals surface area contributed by atoms with Crippen LogP contribution in [0.25, 0.3) is 0 Å². The maximum absolute atomic E-state index is 12.7. The Kier molecular flexibility index (Phi) is 4.16. The predicted molar refractivity (Wildman–Crippen MR) is 94.9 cm³/mol. The highest BCUT2D eigenvalue weighted by molar-refractivity contribution is 6.47. The monoisotopic (exact) mass is 345 g/mol. The summed E-state index contributed by atoms with van der Waals surface area (Å²) in [6, 6.07) is 0.421. The van der Waals surface area contributed by atoms with Gasteiger partial charge >= 0.3 is 7.12 Å². The van der Waals surface area contributed by atoms with Crippen molar-refractivity contribution in [3.63, 3.8) is 0 Å². The summed E-state index contributed by atoms with van der Waals surface area (Å²) >= 11 is 0. The molecule has 6 aliphatic rings. The number of amides is 1. The molecular weight excluding hydrogens is 317 g/mol. The summed E-state index contributed by atoms with van der Waals surface area (Å²) in [6.45, 7) is 7.46. The van der Waals surface area contributed by atoms with Gasteiger partial charge in [-0.15, -0.1) is 0 Å². The summed E-state index contributed by atoms with van der Waals surface area (Å²) in [5.74, 6) is 1.38. The van der Waals surface area contributed by atoms with Crippen LogP contribution in [-0.4, -0.2) is 68.3 Å². The van der Waals surface area contributed by atoms with Crippen molar-refractivity contribution < 1.29 is 14.1 Å². The van der Waals surface area contributed by atoms with Crippen LogP contribution >= 0.6 is 0 Å². The fourth-order valence-electron chi connectivity index (χ4n) is 5.42. The molecule has 3 heterocycles. The quantitative estimate of drug-likeness (QED) is 0.568. The van der Waals surface area contributed by atoms with E-state index in [9.17, 15) is 4.79 Å².